The Morgan fingerprint density at radius 1 is 1.00 bits per heavy atom. The van der Waals surface area contributed by atoms with Gasteiger partial charge in [-0.05, 0) is 12.1 Å². The van der Waals surface area contributed by atoms with Crippen LogP contribution < -0.4 is 4.90 Å². The largest absolute Gasteiger partial charge is 0.322 e. The first-order chi connectivity index (χ1) is 7.27. The highest BCUT2D eigenvalue weighted by atomic mass is 16.2. The van der Waals surface area contributed by atoms with E-state index in [9.17, 15) is 4.79 Å². The molecule has 2 rings (SSSR count). The van der Waals surface area contributed by atoms with Crippen LogP contribution in [0, 0.1) is 0 Å². The lowest BCUT2D eigenvalue weighted by Crippen LogP contribution is -2.16. The van der Waals surface area contributed by atoms with E-state index in [2.05, 4.69) is 0 Å². The van der Waals surface area contributed by atoms with Crippen molar-refractivity contribution in [2.45, 2.75) is 0 Å². The summed E-state index contributed by atoms with van der Waals surface area (Å²) in [4.78, 5) is 14.8. The summed E-state index contributed by atoms with van der Waals surface area (Å²) >= 11 is 0. The van der Waals surface area contributed by atoms with E-state index >= 15 is 0 Å². The van der Waals surface area contributed by atoms with Gasteiger partial charge in [0.1, 0.15) is 0 Å². The SMILES string of the molecule is CN1C=CN(c2ccccc2)C=CC1=O. The van der Waals surface area contributed by atoms with E-state index in [4.69, 9.17) is 0 Å². The monoisotopic (exact) mass is 200 g/mol. The van der Waals surface area contributed by atoms with Gasteiger partial charge in [0.05, 0.1) is 0 Å². The van der Waals surface area contributed by atoms with Crippen LogP contribution in [0.25, 0.3) is 0 Å². The molecule has 3 heteroatoms. The van der Waals surface area contributed by atoms with Gasteiger partial charge in [-0.1, -0.05) is 18.2 Å². The summed E-state index contributed by atoms with van der Waals surface area (Å²) in [6.45, 7) is 0. The Labute approximate surface area is 88.9 Å². The van der Waals surface area contributed by atoms with Crippen molar-refractivity contribution in [2.24, 2.45) is 0 Å². The number of likely N-dealkylation sites (N-methyl/N-ethyl adjacent to an activating group) is 1. The molecule has 76 valence electrons. The summed E-state index contributed by atoms with van der Waals surface area (Å²) in [5, 5.41) is 0. The molecule has 15 heavy (non-hydrogen) atoms. The van der Waals surface area contributed by atoms with Crippen LogP contribution in [-0.4, -0.2) is 17.9 Å². The molecule has 0 fully saturated rings. The molecule has 1 heterocycles. The third-order valence-corrected chi connectivity index (χ3v) is 2.23. The summed E-state index contributed by atoms with van der Waals surface area (Å²) in [5.41, 5.74) is 1.04. The molecule has 0 spiro atoms. The van der Waals surface area contributed by atoms with Gasteiger partial charge in [0, 0.05) is 37.4 Å². The van der Waals surface area contributed by atoms with Crippen molar-refractivity contribution in [1.82, 2.24) is 4.90 Å². The molecule has 1 aliphatic heterocycles. The number of hydrogen-bond donors (Lipinski definition) is 0. The first-order valence-electron chi connectivity index (χ1n) is 4.74. The fourth-order valence-corrected chi connectivity index (χ4v) is 1.33. The molecular weight excluding hydrogens is 188 g/mol. The molecule has 0 bridgehead atoms. The quantitative estimate of drug-likeness (QED) is 0.691. The summed E-state index contributed by atoms with van der Waals surface area (Å²) in [6.07, 6.45) is 6.91. The van der Waals surface area contributed by atoms with Crippen LogP contribution in [0.5, 0.6) is 0 Å². The molecule has 0 saturated heterocycles. The standard InChI is InChI=1S/C12H12N2O/c1-13-9-10-14(8-7-12(13)15)11-5-3-2-4-6-11/h2-10H,1H3. The predicted octanol–water partition coefficient (Wildman–Crippen LogP) is 1.95. The van der Waals surface area contributed by atoms with Crippen molar-refractivity contribution in [3.63, 3.8) is 0 Å². The molecule has 0 unspecified atom stereocenters. The first kappa shape index (κ1) is 9.52. The molecule has 0 radical (unpaired) electrons. The molecule has 1 aromatic rings. The average molecular weight is 200 g/mol. The Kier molecular flexibility index (Phi) is 2.54. The van der Waals surface area contributed by atoms with Gasteiger partial charge >= 0.3 is 0 Å². The van der Waals surface area contributed by atoms with Gasteiger partial charge in [0.2, 0.25) is 0 Å². The molecule has 0 atom stereocenters. The maximum Gasteiger partial charge on any atom is 0.251 e. The highest BCUT2D eigenvalue weighted by Gasteiger charge is 2.07. The normalized spacial score (nSPS) is 15.7. The maximum absolute atomic E-state index is 11.4. The second kappa shape index (κ2) is 4.00. The smallest absolute Gasteiger partial charge is 0.251 e. The van der Waals surface area contributed by atoms with E-state index in [-0.39, 0.29) is 5.91 Å². The summed E-state index contributed by atoms with van der Waals surface area (Å²) in [6, 6.07) is 9.88. The van der Waals surface area contributed by atoms with E-state index in [1.807, 2.05) is 41.4 Å². The lowest BCUT2D eigenvalue weighted by atomic mass is 10.3. The molecule has 0 aromatic heterocycles. The van der Waals surface area contributed by atoms with Crippen molar-refractivity contribution < 1.29 is 4.79 Å². The van der Waals surface area contributed by atoms with E-state index in [0.717, 1.165) is 5.69 Å². The van der Waals surface area contributed by atoms with Gasteiger partial charge in [-0.25, -0.2) is 0 Å². The van der Waals surface area contributed by atoms with E-state index in [1.165, 1.54) is 0 Å². The lowest BCUT2D eigenvalue weighted by molar-refractivity contribution is -0.122. The molecule has 0 aliphatic carbocycles. The van der Waals surface area contributed by atoms with Crippen molar-refractivity contribution in [3.8, 4) is 0 Å². The number of carbonyl (C=O) groups is 1. The number of benzene rings is 1. The van der Waals surface area contributed by atoms with Gasteiger partial charge in [-0.3, -0.25) is 4.79 Å². The number of nitrogens with zero attached hydrogens (tertiary/aromatic N) is 2. The summed E-state index contributed by atoms with van der Waals surface area (Å²) in [5.74, 6) is -0.0234. The number of carbonyl (C=O) groups excluding carboxylic acids is 1. The van der Waals surface area contributed by atoms with Crippen molar-refractivity contribution >= 4 is 11.6 Å². The third kappa shape index (κ3) is 2.07. The minimum atomic E-state index is -0.0234. The number of rotatable bonds is 1. The fourth-order valence-electron chi connectivity index (χ4n) is 1.33. The number of amides is 1. The molecule has 1 aromatic carbocycles. The lowest BCUT2D eigenvalue weighted by Gasteiger charge is -2.13. The average Bonchev–Trinajstić information content (AvgIpc) is 2.44. The van der Waals surface area contributed by atoms with E-state index in [0.29, 0.717) is 0 Å². The zero-order valence-corrected chi connectivity index (χ0v) is 8.50. The van der Waals surface area contributed by atoms with E-state index in [1.54, 1.807) is 30.4 Å². The second-order valence-corrected chi connectivity index (χ2v) is 3.31. The van der Waals surface area contributed by atoms with Gasteiger partial charge in [0.15, 0.2) is 0 Å². The zero-order valence-electron chi connectivity index (χ0n) is 8.50. The molecule has 3 nitrogen and oxygen atoms in total. The van der Waals surface area contributed by atoms with Gasteiger partial charge in [0.25, 0.3) is 5.91 Å². The van der Waals surface area contributed by atoms with Crippen LogP contribution in [0.15, 0.2) is 55.0 Å². The van der Waals surface area contributed by atoms with Crippen LogP contribution in [0.4, 0.5) is 5.69 Å². The first-order valence-corrected chi connectivity index (χ1v) is 4.74. The van der Waals surface area contributed by atoms with Crippen LogP contribution in [0.3, 0.4) is 0 Å². The molecular formula is C12H12N2O. The predicted molar refractivity (Wildman–Crippen MR) is 60.0 cm³/mol. The van der Waals surface area contributed by atoms with Crippen LogP contribution >= 0.6 is 0 Å². The molecule has 0 saturated carbocycles. The Morgan fingerprint density at radius 2 is 1.73 bits per heavy atom. The van der Waals surface area contributed by atoms with Crippen molar-refractivity contribution in [1.29, 1.82) is 0 Å². The van der Waals surface area contributed by atoms with Crippen molar-refractivity contribution in [3.05, 3.63) is 55.0 Å². The Hall–Kier alpha value is -2.03. The Morgan fingerprint density at radius 3 is 2.47 bits per heavy atom. The van der Waals surface area contributed by atoms with Crippen LogP contribution in [0.1, 0.15) is 0 Å². The minimum Gasteiger partial charge on any atom is -0.322 e. The summed E-state index contributed by atoms with van der Waals surface area (Å²) in [7, 11) is 1.73. The fraction of sp³-hybridized carbons (Fsp3) is 0.0833. The van der Waals surface area contributed by atoms with E-state index < -0.39 is 0 Å². The third-order valence-electron chi connectivity index (χ3n) is 2.23. The highest BCUT2D eigenvalue weighted by molar-refractivity contribution is 5.89. The van der Waals surface area contributed by atoms with Gasteiger partial charge in [-0.15, -0.1) is 0 Å². The van der Waals surface area contributed by atoms with Crippen LogP contribution in [-0.2, 0) is 4.79 Å². The van der Waals surface area contributed by atoms with Gasteiger partial charge in [-0.2, -0.15) is 0 Å². The molecule has 0 N–H and O–H groups in total. The number of para-hydroxylation sites is 1. The Bertz CT molecular complexity index is 409. The van der Waals surface area contributed by atoms with Gasteiger partial charge < -0.3 is 9.80 Å². The van der Waals surface area contributed by atoms with Crippen LogP contribution in [0.2, 0.25) is 0 Å². The number of anilines is 1. The molecule has 1 aliphatic rings. The highest BCUT2D eigenvalue weighted by Crippen LogP contribution is 2.15. The molecule has 1 amide bonds. The zero-order chi connectivity index (χ0) is 10.7. The topological polar surface area (TPSA) is 23.6 Å². The Balaban J connectivity index is 2.29. The second-order valence-electron chi connectivity index (χ2n) is 3.31. The number of hydrogen-bond acceptors (Lipinski definition) is 2. The van der Waals surface area contributed by atoms with Crippen molar-refractivity contribution in [2.75, 3.05) is 11.9 Å². The summed E-state index contributed by atoms with van der Waals surface area (Å²) < 4.78 is 0. The maximum atomic E-state index is 11.4. The minimum absolute atomic E-state index is 0.0234.